The van der Waals surface area contributed by atoms with Gasteiger partial charge in [-0.25, -0.2) is 4.39 Å². The standard InChI is InChI=1S/C23H34FN5O2/c24-20-16-19(26-29-22(30)2-1-3-23(29)31)4-5-21(20)28-14-7-17(8-15-28)6-11-27-12-9-18(25)10-13-27/h4-5,16-18,26H,1-3,6-15,25H2. The molecule has 3 heterocycles. The van der Waals surface area contributed by atoms with E-state index >= 15 is 0 Å². The number of halogens is 1. The Balaban J connectivity index is 1.26. The van der Waals surface area contributed by atoms with Gasteiger partial charge in [-0.05, 0) is 76.2 Å². The molecule has 8 heteroatoms. The average Bonchev–Trinajstić information content (AvgIpc) is 2.77. The first-order chi connectivity index (χ1) is 15.0. The lowest BCUT2D eigenvalue weighted by molar-refractivity contribution is -0.146. The normalized spacial score (nSPS) is 22.3. The summed E-state index contributed by atoms with van der Waals surface area (Å²) in [5.41, 5.74) is 9.77. The smallest absolute Gasteiger partial charge is 0.248 e. The van der Waals surface area contributed by atoms with E-state index in [1.807, 2.05) is 0 Å². The lowest BCUT2D eigenvalue weighted by Crippen LogP contribution is -2.44. The van der Waals surface area contributed by atoms with E-state index < -0.39 is 0 Å². The number of likely N-dealkylation sites (tertiary alicyclic amines) is 1. The molecule has 170 valence electrons. The van der Waals surface area contributed by atoms with Crippen molar-refractivity contribution in [3.63, 3.8) is 0 Å². The van der Waals surface area contributed by atoms with Crippen molar-refractivity contribution in [3.05, 3.63) is 24.0 Å². The summed E-state index contributed by atoms with van der Waals surface area (Å²) in [7, 11) is 0. The second kappa shape index (κ2) is 9.96. The van der Waals surface area contributed by atoms with Gasteiger partial charge in [0.25, 0.3) is 0 Å². The number of anilines is 2. The van der Waals surface area contributed by atoms with Crippen molar-refractivity contribution < 1.29 is 14.0 Å². The maximum atomic E-state index is 14.8. The largest absolute Gasteiger partial charge is 0.369 e. The van der Waals surface area contributed by atoms with E-state index in [1.165, 1.54) is 12.5 Å². The minimum Gasteiger partial charge on any atom is -0.369 e. The number of carbonyl (C=O) groups excluding carboxylic acids is 2. The maximum Gasteiger partial charge on any atom is 0.248 e. The number of hydrogen-bond donors (Lipinski definition) is 2. The van der Waals surface area contributed by atoms with E-state index in [-0.39, 0.29) is 17.6 Å². The number of nitrogens with one attached hydrogen (secondary N) is 1. The minimum atomic E-state index is -0.329. The van der Waals surface area contributed by atoms with Crippen LogP contribution in [0.25, 0.3) is 0 Å². The monoisotopic (exact) mass is 431 g/mol. The predicted molar refractivity (Wildman–Crippen MR) is 119 cm³/mol. The Hall–Kier alpha value is -2.19. The highest BCUT2D eigenvalue weighted by Crippen LogP contribution is 2.29. The third kappa shape index (κ3) is 5.54. The zero-order valence-corrected chi connectivity index (χ0v) is 18.2. The van der Waals surface area contributed by atoms with Gasteiger partial charge in [-0.2, -0.15) is 5.01 Å². The summed E-state index contributed by atoms with van der Waals surface area (Å²) in [6, 6.07) is 5.23. The topological polar surface area (TPSA) is 81.9 Å². The van der Waals surface area contributed by atoms with Crippen molar-refractivity contribution >= 4 is 23.2 Å². The number of hydrogen-bond acceptors (Lipinski definition) is 6. The van der Waals surface area contributed by atoms with Crippen molar-refractivity contribution in [2.24, 2.45) is 11.7 Å². The van der Waals surface area contributed by atoms with Crippen LogP contribution in [0.2, 0.25) is 0 Å². The molecule has 3 aliphatic rings. The molecule has 0 aliphatic carbocycles. The van der Waals surface area contributed by atoms with Crippen LogP contribution < -0.4 is 16.1 Å². The van der Waals surface area contributed by atoms with Crippen molar-refractivity contribution in [1.29, 1.82) is 0 Å². The molecule has 3 N–H and O–H groups in total. The second-order valence-electron chi connectivity index (χ2n) is 9.15. The second-order valence-corrected chi connectivity index (χ2v) is 9.15. The molecule has 0 aromatic heterocycles. The van der Waals surface area contributed by atoms with Crippen LogP contribution in [0, 0.1) is 11.7 Å². The van der Waals surface area contributed by atoms with E-state index in [0.717, 1.165) is 63.4 Å². The van der Waals surface area contributed by atoms with Crippen LogP contribution in [0.1, 0.15) is 51.4 Å². The first-order valence-corrected chi connectivity index (χ1v) is 11.6. The SMILES string of the molecule is NC1CCN(CCC2CCN(c3ccc(NN4C(=O)CCCC4=O)cc3F)CC2)CC1. The lowest BCUT2D eigenvalue weighted by atomic mass is 9.92. The molecule has 0 unspecified atom stereocenters. The average molecular weight is 432 g/mol. The molecule has 0 atom stereocenters. The van der Waals surface area contributed by atoms with Crippen LogP contribution in [0.5, 0.6) is 0 Å². The van der Waals surface area contributed by atoms with Gasteiger partial charge in [0, 0.05) is 38.0 Å². The predicted octanol–water partition coefficient (Wildman–Crippen LogP) is 2.72. The molecular formula is C23H34FN5O2. The van der Waals surface area contributed by atoms with Gasteiger partial charge < -0.3 is 15.5 Å². The number of piperidine rings is 3. The molecule has 0 bridgehead atoms. The molecule has 1 aromatic carbocycles. The van der Waals surface area contributed by atoms with E-state index in [1.54, 1.807) is 12.1 Å². The summed E-state index contributed by atoms with van der Waals surface area (Å²) >= 11 is 0. The van der Waals surface area contributed by atoms with Gasteiger partial charge in [-0.3, -0.25) is 15.0 Å². The maximum absolute atomic E-state index is 14.8. The molecule has 3 fully saturated rings. The Morgan fingerprint density at radius 2 is 1.68 bits per heavy atom. The number of hydrazine groups is 1. The van der Waals surface area contributed by atoms with Crippen molar-refractivity contribution in [2.45, 2.75) is 57.4 Å². The highest BCUT2D eigenvalue weighted by atomic mass is 19.1. The van der Waals surface area contributed by atoms with Gasteiger partial charge in [-0.15, -0.1) is 0 Å². The number of nitrogens with zero attached hydrogens (tertiary/aromatic N) is 3. The van der Waals surface area contributed by atoms with E-state index in [4.69, 9.17) is 5.73 Å². The summed E-state index contributed by atoms with van der Waals surface area (Å²) in [6.45, 7) is 5.06. The van der Waals surface area contributed by atoms with Crippen molar-refractivity contribution in [2.75, 3.05) is 43.0 Å². The Kier molecular flexibility index (Phi) is 7.07. The Labute approximate surface area is 183 Å². The van der Waals surface area contributed by atoms with Gasteiger partial charge in [0.2, 0.25) is 11.8 Å². The van der Waals surface area contributed by atoms with Gasteiger partial charge in [-0.1, -0.05) is 0 Å². The fourth-order valence-corrected chi connectivity index (χ4v) is 4.84. The summed E-state index contributed by atoms with van der Waals surface area (Å²) in [5, 5.41) is 1.01. The summed E-state index contributed by atoms with van der Waals surface area (Å²) in [4.78, 5) is 28.5. The molecular weight excluding hydrogens is 397 g/mol. The summed E-state index contributed by atoms with van der Waals surface area (Å²) in [5.74, 6) is -0.178. The molecule has 2 amide bonds. The molecule has 1 aromatic rings. The molecule has 3 aliphatic heterocycles. The fraction of sp³-hybridized carbons (Fsp3) is 0.652. The van der Waals surface area contributed by atoms with E-state index in [2.05, 4.69) is 15.2 Å². The summed E-state index contributed by atoms with van der Waals surface area (Å²) < 4.78 is 14.8. The van der Waals surface area contributed by atoms with E-state index in [9.17, 15) is 14.0 Å². The summed E-state index contributed by atoms with van der Waals surface area (Å²) in [6.07, 6.45) is 6.79. The first-order valence-electron chi connectivity index (χ1n) is 11.6. The van der Waals surface area contributed by atoms with Gasteiger partial charge in [0.15, 0.2) is 0 Å². The Morgan fingerprint density at radius 1 is 1.00 bits per heavy atom. The van der Waals surface area contributed by atoms with Gasteiger partial charge in [0.05, 0.1) is 11.4 Å². The number of rotatable bonds is 6. The van der Waals surface area contributed by atoms with Crippen LogP contribution in [-0.4, -0.2) is 60.5 Å². The number of amides is 2. The van der Waals surface area contributed by atoms with E-state index in [0.29, 0.717) is 42.6 Å². The molecule has 3 saturated heterocycles. The molecule has 7 nitrogen and oxygen atoms in total. The lowest BCUT2D eigenvalue weighted by Gasteiger charge is -2.36. The molecule has 0 radical (unpaired) electrons. The Morgan fingerprint density at radius 3 is 2.32 bits per heavy atom. The van der Waals surface area contributed by atoms with Crippen LogP contribution in [-0.2, 0) is 9.59 Å². The zero-order chi connectivity index (χ0) is 21.8. The molecule has 31 heavy (non-hydrogen) atoms. The van der Waals surface area contributed by atoms with Crippen LogP contribution >= 0.6 is 0 Å². The molecule has 0 saturated carbocycles. The van der Waals surface area contributed by atoms with Crippen molar-refractivity contribution in [3.8, 4) is 0 Å². The van der Waals surface area contributed by atoms with Crippen LogP contribution in [0.3, 0.4) is 0 Å². The third-order valence-electron chi connectivity index (χ3n) is 6.91. The van der Waals surface area contributed by atoms with Gasteiger partial charge >= 0.3 is 0 Å². The number of benzene rings is 1. The number of nitrogens with two attached hydrogens (primary N) is 1. The quantitative estimate of drug-likeness (QED) is 0.674. The molecule has 0 spiro atoms. The van der Waals surface area contributed by atoms with Crippen LogP contribution in [0.4, 0.5) is 15.8 Å². The van der Waals surface area contributed by atoms with Gasteiger partial charge in [0.1, 0.15) is 5.82 Å². The highest BCUT2D eigenvalue weighted by Gasteiger charge is 2.27. The highest BCUT2D eigenvalue weighted by molar-refractivity contribution is 5.98. The molecule has 4 rings (SSSR count). The third-order valence-corrected chi connectivity index (χ3v) is 6.91. The zero-order valence-electron chi connectivity index (χ0n) is 18.2. The fourth-order valence-electron chi connectivity index (χ4n) is 4.84. The van der Waals surface area contributed by atoms with Crippen molar-refractivity contribution in [1.82, 2.24) is 9.91 Å². The first kappa shape index (κ1) is 22.0. The number of imide groups is 1. The Bertz CT molecular complexity index is 772. The van der Waals surface area contributed by atoms with Crippen LogP contribution in [0.15, 0.2) is 18.2 Å². The number of carbonyl (C=O) groups is 2. The minimum absolute atomic E-state index is 0.268.